The van der Waals surface area contributed by atoms with Crippen LogP contribution in [0.4, 0.5) is 5.69 Å². The van der Waals surface area contributed by atoms with E-state index < -0.39 is 0 Å². The van der Waals surface area contributed by atoms with Gasteiger partial charge in [-0.25, -0.2) is 0 Å². The highest BCUT2D eigenvalue weighted by Crippen LogP contribution is 2.34. The largest absolute Gasteiger partial charge is 0.497 e. The number of nitrogens with two attached hydrogens (primary N) is 1. The van der Waals surface area contributed by atoms with Gasteiger partial charge in [-0.1, -0.05) is 17.7 Å². The molecule has 0 atom stereocenters. The average molecular weight is 264 g/mol. The second kappa shape index (κ2) is 5.19. The van der Waals surface area contributed by atoms with Crippen molar-refractivity contribution < 1.29 is 9.47 Å². The van der Waals surface area contributed by atoms with E-state index in [2.05, 4.69) is 0 Å². The lowest BCUT2D eigenvalue weighted by molar-refractivity contribution is 0.413. The maximum Gasteiger partial charge on any atom is 0.150 e. The van der Waals surface area contributed by atoms with Crippen molar-refractivity contribution in [1.29, 1.82) is 0 Å². The Morgan fingerprint density at radius 1 is 1.06 bits per heavy atom. The van der Waals surface area contributed by atoms with E-state index >= 15 is 0 Å². The molecule has 0 aliphatic heterocycles. The van der Waals surface area contributed by atoms with Crippen molar-refractivity contribution in [2.75, 3.05) is 12.8 Å². The van der Waals surface area contributed by atoms with E-state index in [1.54, 1.807) is 25.3 Å². The number of methoxy groups -OCH3 is 1. The Balaban J connectivity index is 2.28. The van der Waals surface area contributed by atoms with Crippen LogP contribution < -0.4 is 15.2 Å². The van der Waals surface area contributed by atoms with Crippen LogP contribution >= 0.6 is 11.6 Å². The maximum absolute atomic E-state index is 6.10. The fraction of sp³-hybridized carbons (Fsp3) is 0.143. The van der Waals surface area contributed by atoms with Crippen molar-refractivity contribution in [2.45, 2.75) is 6.92 Å². The van der Waals surface area contributed by atoms with Gasteiger partial charge in [-0.3, -0.25) is 0 Å². The van der Waals surface area contributed by atoms with E-state index in [0.29, 0.717) is 28.0 Å². The van der Waals surface area contributed by atoms with Crippen molar-refractivity contribution in [2.24, 2.45) is 0 Å². The van der Waals surface area contributed by atoms with Crippen molar-refractivity contribution in [3.8, 4) is 17.2 Å². The van der Waals surface area contributed by atoms with Crippen LogP contribution in [0.25, 0.3) is 0 Å². The van der Waals surface area contributed by atoms with Gasteiger partial charge in [-0.15, -0.1) is 0 Å². The second-order valence-electron chi connectivity index (χ2n) is 3.94. The summed E-state index contributed by atoms with van der Waals surface area (Å²) in [5, 5.41) is 0.560. The zero-order chi connectivity index (χ0) is 13.1. The molecule has 0 spiro atoms. The van der Waals surface area contributed by atoms with E-state index in [0.717, 1.165) is 5.56 Å². The first kappa shape index (κ1) is 12.6. The summed E-state index contributed by atoms with van der Waals surface area (Å²) in [4.78, 5) is 0. The van der Waals surface area contributed by atoms with Crippen LogP contribution in [0.5, 0.6) is 17.2 Å². The SMILES string of the molecule is COc1ccc(Oc2ccc(C)cc2Cl)c(N)c1. The predicted octanol–water partition coefficient (Wildman–Crippen LogP) is 4.03. The molecular formula is C14H14ClNO2. The Bertz CT molecular complexity index is 570. The Kier molecular flexibility index (Phi) is 3.63. The molecule has 2 aromatic rings. The van der Waals surface area contributed by atoms with Gasteiger partial charge < -0.3 is 15.2 Å². The summed E-state index contributed by atoms with van der Waals surface area (Å²) in [6, 6.07) is 10.8. The first-order valence-corrected chi connectivity index (χ1v) is 5.85. The lowest BCUT2D eigenvalue weighted by Crippen LogP contribution is -1.94. The molecule has 0 unspecified atom stereocenters. The number of rotatable bonds is 3. The topological polar surface area (TPSA) is 44.5 Å². The van der Waals surface area contributed by atoms with Crippen LogP contribution in [0.3, 0.4) is 0 Å². The molecule has 0 radical (unpaired) electrons. The number of hydrogen-bond acceptors (Lipinski definition) is 3. The average Bonchev–Trinajstić information content (AvgIpc) is 2.34. The normalized spacial score (nSPS) is 10.2. The minimum atomic E-state index is 0.506. The molecule has 0 aromatic heterocycles. The molecule has 2 aromatic carbocycles. The van der Waals surface area contributed by atoms with Crippen molar-refractivity contribution in [1.82, 2.24) is 0 Å². The summed E-state index contributed by atoms with van der Waals surface area (Å²) in [7, 11) is 1.59. The maximum atomic E-state index is 6.10. The molecule has 0 aliphatic rings. The summed E-state index contributed by atoms with van der Waals surface area (Å²) in [6.45, 7) is 1.97. The zero-order valence-corrected chi connectivity index (χ0v) is 11.0. The van der Waals surface area contributed by atoms with Crippen molar-refractivity contribution in [3.63, 3.8) is 0 Å². The number of benzene rings is 2. The molecule has 4 heteroatoms. The highest BCUT2D eigenvalue weighted by molar-refractivity contribution is 6.32. The van der Waals surface area contributed by atoms with E-state index in [9.17, 15) is 0 Å². The van der Waals surface area contributed by atoms with Gasteiger partial charge in [0.1, 0.15) is 11.5 Å². The van der Waals surface area contributed by atoms with Gasteiger partial charge in [0, 0.05) is 6.07 Å². The van der Waals surface area contributed by atoms with Crippen LogP contribution in [-0.2, 0) is 0 Å². The van der Waals surface area contributed by atoms with Crippen molar-refractivity contribution >= 4 is 17.3 Å². The van der Waals surface area contributed by atoms with Gasteiger partial charge >= 0.3 is 0 Å². The third-order valence-electron chi connectivity index (χ3n) is 2.52. The lowest BCUT2D eigenvalue weighted by Gasteiger charge is -2.11. The van der Waals surface area contributed by atoms with E-state index in [4.69, 9.17) is 26.8 Å². The van der Waals surface area contributed by atoms with E-state index in [1.165, 1.54) is 0 Å². The van der Waals surface area contributed by atoms with Crippen LogP contribution in [0.2, 0.25) is 5.02 Å². The van der Waals surface area contributed by atoms with E-state index in [1.807, 2.05) is 25.1 Å². The quantitative estimate of drug-likeness (QED) is 0.851. The number of aryl methyl sites for hydroxylation is 1. The standard InChI is InChI=1S/C14H14ClNO2/c1-9-3-5-13(11(15)7-9)18-14-6-4-10(17-2)8-12(14)16/h3-8H,16H2,1-2H3. The Labute approximate surface area is 111 Å². The third-order valence-corrected chi connectivity index (χ3v) is 2.82. The first-order valence-electron chi connectivity index (χ1n) is 5.47. The summed E-state index contributed by atoms with van der Waals surface area (Å²) in [5.74, 6) is 1.83. The molecule has 18 heavy (non-hydrogen) atoms. The summed E-state index contributed by atoms with van der Waals surface area (Å²) >= 11 is 6.10. The van der Waals surface area contributed by atoms with Gasteiger partial charge in [0.2, 0.25) is 0 Å². The zero-order valence-electron chi connectivity index (χ0n) is 10.2. The Hall–Kier alpha value is -1.87. The molecule has 2 rings (SSSR count). The van der Waals surface area contributed by atoms with Crippen LogP contribution in [0.1, 0.15) is 5.56 Å². The van der Waals surface area contributed by atoms with Gasteiger partial charge in [-0.05, 0) is 36.8 Å². The molecule has 0 saturated heterocycles. The molecule has 94 valence electrons. The summed E-state index contributed by atoms with van der Waals surface area (Å²) < 4.78 is 10.8. The summed E-state index contributed by atoms with van der Waals surface area (Å²) in [5.41, 5.74) is 7.46. The van der Waals surface area contributed by atoms with E-state index in [-0.39, 0.29) is 0 Å². The molecule has 3 nitrogen and oxygen atoms in total. The predicted molar refractivity (Wildman–Crippen MR) is 73.7 cm³/mol. The fourth-order valence-electron chi connectivity index (χ4n) is 1.55. The lowest BCUT2D eigenvalue weighted by atomic mass is 10.2. The van der Waals surface area contributed by atoms with Crippen LogP contribution in [0, 0.1) is 6.92 Å². The molecular weight excluding hydrogens is 250 g/mol. The van der Waals surface area contributed by atoms with Gasteiger partial charge in [0.25, 0.3) is 0 Å². The van der Waals surface area contributed by atoms with Crippen LogP contribution in [0.15, 0.2) is 36.4 Å². The number of anilines is 1. The van der Waals surface area contributed by atoms with Crippen LogP contribution in [-0.4, -0.2) is 7.11 Å². The Morgan fingerprint density at radius 2 is 1.78 bits per heavy atom. The highest BCUT2D eigenvalue weighted by atomic mass is 35.5. The van der Waals surface area contributed by atoms with Crippen molar-refractivity contribution in [3.05, 3.63) is 47.0 Å². The van der Waals surface area contributed by atoms with Gasteiger partial charge in [0.15, 0.2) is 5.75 Å². The highest BCUT2D eigenvalue weighted by Gasteiger charge is 2.07. The third kappa shape index (κ3) is 2.68. The molecule has 2 N–H and O–H groups in total. The number of halogens is 1. The molecule has 0 heterocycles. The second-order valence-corrected chi connectivity index (χ2v) is 4.35. The molecule has 0 saturated carbocycles. The first-order chi connectivity index (χ1) is 8.60. The fourth-order valence-corrected chi connectivity index (χ4v) is 1.83. The molecule has 0 bridgehead atoms. The smallest absolute Gasteiger partial charge is 0.150 e. The number of ether oxygens (including phenoxy) is 2. The number of nitrogen functional groups attached to an aromatic ring is 1. The molecule has 0 aliphatic carbocycles. The Morgan fingerprint density at radius 3 is 2.39 bits per heavy atom. The van der Waals surface area contributed by atoms with Gasteiger partial charge in [0.05, 0.1) is 17.8 Å². The molecule has 0 fully saturated rings. The van der Waals surface area contributed by atoms with Gasteiger partial charge in [-0.2, -0.15) is 0 Å². The summed E-state index contributed by atoms with van der Waals surface area (Å²) in [6.07, 6.45) is 0. The monoisotopic (exact) mass is 263 g/mol. The minimum absolute atomic E-state index is 0.506. The molecule has 0 amide bonds. The minimum Gasteiger partial charge on any atom is -0.497 e. The number of hydrogen-bond donors (Lipinski definition) is 1.